The summed E-state index contributed by atoms with van der Waals surface area (Å²) in [5.41, 5.74) is 7.97. The number of nitrogens with zero attached hydrogens (tertiary/aromatic N) is 2. The highest BCUT2D eigenvalue weighted by Gasteiger charge is 2.11. The van der Waals surface area contributed by atoms with E-state index in [2.05, 4.69) is 59.7 Å². The van der Waals surface area contributed by atoms with Gasteiger partial charge in [0.05, 0.1) is 0 Å². The molecule has 0 spiro atoms. The van der Waals surface area contributed by atoms with Gasteiger partial charge in [-0.25, -0.2) is 0 Å². The number of nitrogen functional groups attached to an aromatic ring is 1. The summed E-state index contributed by atoms with van der Waals surface area (Å²) in [6.45, 7) is 8.72. The van der Waals surface area contributed by atoms with Gasteiger partial charge in [0, 0.05) is 36.3 Å². The summed E-state index contributed by atoms with van der Waals surface area (Å²) >= 11 is 3.61. The highest BCUT2D eigenvalue weighted by atomic mass is 79.9. The molecule has 108 valence electrons. The van der Waals surface area contributed by atoms with Gasteiger partial charge in [0.25, 0.3) is 0 Å². The van der Waals surface area contributed by atoms with Gasteiger partial charge < -0.3 is 10.6 Å². The van der Waals surface area contributed by atoms with Crippen LogP contribution in [0.1, 0.15) is 19.4 Å². The maximum atomic E-state index is 5.88. The Balaban J connectivity index is 2.72. The predicted molar refractivity (Wildman–Crippen MR) is 87.2 cm³/mol. The number of benzene rings is 1. The summed E-state index contributed by atoms with van der Waals surface area (Å²) in [6.07, 6.45) is 0. The van der Waals surface area contributed by atoms with Crippen LogP contribution >= 0.6 is 15.9 Å². The zero-order chi connectivity index (χ0) is 14.4. The van der Waals surface area contributed by atoms with Gasteiger partial charge in [0.2, 0.25) is 0 Å². The van der Waals surface area contributed by atoms with Crippen molar-refractivity contribution < 1.29 is 0 Å². The van der Waals surface area contributed by atoms with Crippen molar-refractivity contribution in [1.82, 2.24) is 9.80 Å². The molecule has 0 aliphatic rings. The molecule has 0 radical (unpaired) electrons. The van der Waals surface area contributed by atoms with Crippen molar-refractivity contribution in [1.29, 1.82) is 0 Å². The molecule has 0 aromatic heterocycles. The minimum Gasteiger partial charge on any atom is -0.399 e. The first kappa shape index (κ1) is 16.5. The van der Waals surface area contributed by atoms with Crippen molar-refractivity contribution in [3.05, 3.63) is 28.2 Å². The van der Waals surface area contributed by atoms with E-state index in [-0.39, 0.29) is 0 Å². The SMILES string of the molecule is CC(C)CN(CCN(C)C)Cc1cc(N)ccc1Br. The molecule has 0 atom stereocenters. The lowest BCUT2D eigenvalue weighted by molar-refractivity contribution is 0.211. The molecular formula is C15H26BrN3. The van der Waals surface area contributed by atoms with Crippen molar-refractivity contribution in [2.24, 2.45) is 5.92 Å². The number of rotatable bonds is 7. The third kappa shape index (κ3) is 6.41. The Bertz CT molecular complexity index is 391. The minimum atomic E-state index is 0.669. The van der Waals surface area contributed by atoms with Crippen LogP contribution in [0.4, 0.5) is 5.69 Å². The largest absolute Gasteiger partial charge is 0.399 e. The second-order valence-electron chi connectivity index (χ2n) is 5.78. The van der Waals surface area contributed by atoms with Gasteiger partial charge >= 0.3 is 0 Å². The number of anilines is 1. The molecule has 0 aliphatic carbocycles. The first-order valence-electron chi connectivity index (χ1n) is 6.79. The fourth-order valence-electron chi connectivity index (χ4n) is 2.05. The molecule has 1 aromatic carbocycles. The van der Waals surface area contributed by atoms with E-state index < -0.39 is 0 Å². The number of hydrogen-bond acceptors (Lipinski definition) is 3. The van der Waals surface area contributed by atoms with Gasteiger partial charge in [-0.3, -0.25) is 4.90 Å². The summed E-state index contributed by atoms with van der Waals surface area (Å²) in [6, 6.07) is 6.03. The maximum absolute atomic E-state index is 5.88. The molecule has 2 N–H and O–H groups in total. The number of nitrogens with two attached hydrogens (primary N) is 1. The molecule has 0 aliphatic heterocycles. The lowest BCUT2D eigenvalue weighted by Gasteiger charge is -2.26. The Labute approximate surface area is 125 Å². The van der Waals surface area contributed by atoms with Crippen LogP contribution in [-0.2, 0) is 6.54 Å². The van der Waals surface area contributed by atoms with Crippen LogP contribution in [0.3, 0.4) is 0 Å². The molecule has 0 saturated heterocycles. The average Bonchev–Trinajstić information content (AvgIpc) is 2.30. The molecular weight excluding hydrogens is 302 g/mol. The number of halogens is 1. The highest BCUT2D eigenvalue weighted by Crippen LogP contribution is 2.21. The van der Waals surface area contributed by atoms with Gasteiger partial charge in [0.1, 0.15) is 0 Å². The summed E-state index contributed by atoms with van der Waals surface area (Å²) in [4.78, 5) is 4.71. The molecule has 0 heterocycles. The zero-order valence-corrected chi connectivity index (χ0v) is 14.1. The second-order valence-corrected chi connectivity index (χ2v) is 6.64. The first-order valence-corrected chi connectivity index (χ1v) is 7.58. The molecule has 0 amide bonds. The highest BCUT2D eigenvalue weighted by molar-refractivity contribution is 9.10. The lowest BCUT2D eigenvalue weighted by Crippen LogP contribution is -2.34. The molecule has 1 aromatic rings. The fourth-order valence-corrected chi connectivity index (χ4v) is 2.42. The molecule has 3 nitrogen and oxygen atoms in total. The van der Waals surface area contributed by atoms with Crippen LogP contribution in [0.15, 0.2) is 22.7 Å². The molecule has 19 heavy (non-hydrogen) atoms. The Hall–Kier alpha value is -0.580. The quantitative estimate of drug-likeness (QED) is 0.781. The van der Waals surface area contributed by atoms with Crippen LogP contribution in [0.2, 0.25) is 0 Å². The van der Waals surface area contributed by atoms with Crippen molar-refractivity contribution in [2.75, 3.05) is 39.5 Å². The monoisotopic (exact) mass is 327 g/mol. The van der Waals surface area contributed by atoms with E-state index in [1.165, 1.54) is 5.56 Å². The molecule has 4 heteroatoms. The standard InChI is InChI=1S/C15H26BrN3/c1-12(2)10-19(8-7-18(3)4)11-13-9-14(17)5-6-15(13)16/h5-6,9,12H,7-8,10-11,17H2,1-4H3. The third-order valence-electron chi connectivity index (χ3n) is 2.95. The van der Waals surface area contributed by atoms with Crippen LogP contribution in [0.5, 0.6) is 0 Å². The summed E-state index contributed by atoms with van der Waals surface area (Å²) in [5, 5.41) is 0. The molecule has 0 fully saturated rings. The molecule has 0 bridgehead atoms. The van der Waals surface area contributed by atoms with Gasteiger partial charge in [-0.05, 0) is 43.8 Å². The van der Waals surface area contributed by atoms with Crippen molar-refractivity contribution >= 4 is 21.6 Å². The van der Waals surface area contributed by atoms with E-state index in [0.717, 1.165) is 36.3 Å². The summed E-state index contributed by atoms with van der Waals surface area (Å²) in [5.74, 6) is 0.669. The maximum Gasteiger partial charge on any atom is 0.0318 e. The van der Waals surface area contributed by atoms with E-state index >= 15 is 0 Å². The van der Waals surface area contributed by atoms with Gasteiger partial charge in [-0.2, -0.15) is 0 Å². The average molecular weight is 328 g/mol. The molecule has 1 rings (SSSR count). The van der Waals surface area contributed by atoms with Gasteiger partial charge in [0.15, 0.2) is 0 Å². The van der Waals surface area contributed by atoms with Crippen LogP contribution in [0, 0.1) is 5.92 Å². The zero-order valence-electron chi connectivity index (χ0n) is 12.5. The Morgan fingerprint density at radius 2 is 1.89 bits per heavy atom. The number of hydrogen-bond donors (Lipinski definition) is 1. The fraction of sp³-hybridized carbons (Fsp3) is 0.600. The Morgan fingerprint density at radius 1 is 1.21 bits per heavy atom. The van der Waals surface area contributed by atoms with E-state index in [1.54, 1.807) is 0 Å². The minimum absolute atomic E-state index is 0.669. The van der Waals surface area contributed by atoms with E-state index in [4.69, 9.17) is 5.73 Å². The smallest absolute Gasteiger partial charge is 0.0318 e. The van der Waals surface area contributed by atoms with Crippen LogP contribution in [-0.4, -0.2) is 43.5 Å². The lowest BCUT2D eigenvalue weighted by atomic mass is 10.1. The van der Waals surface area contributed by atoms with Gasteiger partial charge in [-0.1, -0.05) is 29.8 Å². The van der Waals surface area contributed by atoms with Crippen molar-refractivity contribution in [3.8, 4) is 0 Å². The van der Waals surface area contributed by atoms with E-state index in [0.29, 0.717) is 5.92 Å². The second kappa shape index (κ2) is 7.88. The topological polar surface area (TPSA) is 32.5 Å². The Kier molecular flexibility index (Phi) is 6.83. The Morgan fingerprint density at radius 3 is 2.47 bits per heavy atom. The van der Waals surface area contributed by atoms with E-state index in [9.17, 15) is 0 Å². The molecule has 0 unspecified atom stereocenters. The van der Waals surface area contributed by atoms with Crippen molar-refractivity contribution in [2.45, 2.75) is 20.4 Å². The van der Waals surface area contributed by atoms with Crippen LogP contribution < -0.4 is 5.73 Å². The van der Waals surface area contributed by atoms with E-state index in [1.807, 2.05) is 12.1 Å². The van der Waals surface area contributed by atoms with Gasteiger partial charge in [-0.15, -0.1) is 0 Å². The number of likely N-dealkylation sites (N-methyl/N-ethyl adjacent to an activating group) is 1. The normalized spacial score (nSPS) is 11.8. The molecule has 0 saturated carbocycles. The summed E-state index contributed by atoms with van der Waals surface area (Å²) in [7, 11) is 4.23. The van der Waals surface area contributed by atoms with Crippen molar-refractivity contribution in [3.63, 3.8) is 0 Å². The third-order valence-corrected chi connectivity index (χ3v) is 3.72. The summed E-state index contributed by atoms with van der Waals surface area (Å²) < 4.78 is 1.14. The van der Waals surface area contributed by atoms with Crippen LogP contribution in [0.25, 0.3) is 0 Å². The predicted octanol–water partition coefficient (Wildman–Crippen LogP) is 3.05. The first-order chi connectivity index (χ1) is 8.88.